The van der Waals surface area contributed by atoms with E-state index in [-0.39, 0.29) is 11.0 Å². The van der Waals surface area contributed by atoms with Crippen molar-refractivity contribution in [3.05, 3.63) is 6.92 Å². The molecule has 0 atom stereocenters. The standard InChI is InChI=1S/C9H19O/c1-8(2,3)7-9(4,5)10-6/h1,7H2,2-6H3/q-1. The van der Waals surface area contributed by atoms with Crippen LogP contribution in [0, 0.1) is 12.3 Å². The lowest BCUT2D eigenvalue weighted by atomic mass is 9.84. The van der Waals surface area contributed by atoms with Crippen molar-refractivity contribution < 1.29 is 4.74 Å². The molecular formula is C9H19O-. The molecule has 0 saturated heterocycles. The molecule has 0 aliphatic carbocycles. The summed E-state index contributed by atoms with van der Waals surface area (Å²) in [6.45, 7) is 12.4. The van der Waals surface area contributed by atoms with E-state index >= 15 is 0 Å². The van der Waals surface area contributed by atoms with E-state index in [9.17, 15) is 0 Å². The van der Waals surface area contributed by atoms with Crippen molar-refractivity contribution in [2.75, 3.05) is 7.11 Å². The maximum atomic E-state index is 5.27. The Hall–Kier alpha value is -0.0400. The summed E-state index contributed by atoms with van der Waals surface area (Å²) >= 11 is 0. The zero-order chi connectivity index (χ0) is 8.41. The molecule has 0 radical (unpaired) electrons. The number of ether oxygens (including phenoxy) is 1. The molecule has 0 aliphatic heterocycles. The summed E-state index contributed by atoms with van der Waals surface area (Å²) in [5.74, 6) is 0. The highest BCUT2D eigenvalue weighted by molar-refractivity contribution is 4.80. The van der Waals surface area contributed by atoms with Crippen LogP contribution < -0.4 is 0 Å². The molecule has 0 aliphatic rings. The fourth-order valence-corrected chi connectivity index (χ4v) is 1.22. The second-order valence-corrected chi connectivity index (χ2v) is 4.30. The number of rotatable bonds is 3. The maximum absolute atomic E-state index is 5.27. The minimum Gasteiger partial charge on any atom is -0.379 e. The third kappa shape index (κ3) is 4.80. The lowest BCUT2D eigenvalue weighted by Crippen LogP contribution is -2.28. The van der Waals surface area contributed by atoms with Gasteiger partial charge in [-0.2, -0.15) is 5.41 Å². The molecule has 0 heterocycles. The highest BCUT2D eigenvalue weighted by Gasteiger charge is 2.20. The first-order valence-electron chi connectivity index (χ1n) is 3.67. The van der Waals surface area contributed by atoms with E-state index in [1.165, 1.54) is 0 Å². The Morgan fingerprint density at radius 3 is 1.70 bits per heavy atom. The Morgan fingerprint density at radius 2 is 1.60 bits per heavy atom. The maximum Gasteiger partial charge on any atom is 0.0603 e. The van der Waals surface area contributed by atoms with Gasteiger partial charge in [0.2, 0.25) is 0 Å². The van der Waals surface area contributed by atoms with Crippen molar-refractivity contribution in [1.82, 2.24) is 0 Å². The zero-order valence-corrected chi connectivity index (χ0v) is 7.82. The summed E-state index contributed by atoms with van der Waals surface area (Å²) in [6.07, 6.45) is 0.983. The first-order valence-corrected chi connectivity index (χ1v) is 3.67. The van der Waals surface area contributed by atoms with Crippen LogP contribution in [0.15, 0.2) is 0 Å². The topological polar surface area (TPSA) is 9.23 Å². The number of hydrogen-bond acceptors (Lipinski definition) is 1. The molecule has 0 aromatic rings. The second-order valence-electron chi connectivity index (χ2n) is 4.30. The molecule has 0 aromatic heterocycles. The molecule has 10 heavy (non-hydrogen) atoms. The quantitative estimate of drug-likeness (QED) is 0.552. The van der Waals surface area contributed by atoms with Crippen LogP contribution in [0.4, 0.5) is 0 Å². The molecule has 0 unspecified atom stereocenters. The van der Waals surface area contributed by atoms with Gasteiger partial charge in [-0.1, -0.05) is 13.8 Å². The SMILES string of the molecule is [CH2-]C(C)(C)CC(C)(C)OC. The summed E-state index contributed by atoms with van der Waals surface area (Å²) in [5.41, 5.74) is 0.0742. The van der Waals surface area contributed by atoms with E-state index in [0.29, 0.717) is 0 Å². The largest absolute Gasteiger partial charge is 0.379 e. The van der Waals surface area contributed by atoms with Crippen LogP contribution in [0.2, 0.25) is 0 Å². The molecule has 0 saturated carbocycles. The van der Waals surface area contributed by atoms with Gasteiger partial charge in [0, 0.05) is 7.11 Å². The van der Waals surface area contributed by atoms with Gasteiger partial charge in [0.1, 0.15) is 0 Å². The van der Waals surface area contributed by atoms with E-state index in [1.54, 1.807) is 7.11 Å². The minimum atomic E-state index is -0.0365. The minimum absolute atomic E-state index is 0.0365. The number of hydrogen-bond donors (Lipinski definition) is 0. The lowest BCUT2D eigenvalue weighted by Gasteiger charge is -2.36. The highest BCUT2D eigenvalue weighted by Crippen LogP contribution is 2.28. The van der Waals surface area contributed by atoms with Gasteiger partial charge < -0.3 is 11.7 Å². The van der Waals surface area contributed by atoms with Gasteiger partial charge in [-0.15, -0.1) is 0 Å². The first kappa shape index (κ1) is 9.96. The van der Waals surface area contributed by atoms with Gasteiger partial charge in [-0.05, 0) is 20.3 Å². The molecule has 0 spiro atoms. The van der Waals surface area contributed by atoms with Crippen molar-refractivity contribution in [2.45, 2.75) is 39.7 Å². The molecule has 0 rings (SSSR count). The monoisotopic (exact) mass is 143 g/mol. The van der Waals surface area contributed by atoms with Gasteiger partial charge in [-0.3, -0.25) is 0 Å². The van der Waals surface area contributed by atoms with Crippen LogP contribution >= 0.6 is 0 Å². The third-order valence-corrected chi connectivity index (χ3v) is 1.46. The fourth-order valence-electron chi connectivity index (χ4n) is 1.22. The third-order valence-electron chi connectivity index (χ3n) is 1.46. The summed E-state index contributed by atoms with van der Waals surface area (Å²) < 4.78 is 5.27. The summed E-state index contributed by atoms with van der Waals surface area (Å²) in [5, 5.41) is 0. The van der Waals surface area contributed by atoms with Crippen molar-refractivity contribution in [1.29, 1.82) is 0 Å². The van der Waals surface area contributed by atoms with Gasteiger partial charge in [0.25, 0.3) is 0 Å². The van der Waals surface area contributed by atoms with Crippen molar-refractivity contribution >= 4 is 0 Å². The molecule has 0 aromatic carbocycles. The molecule has 0 amide bonds. The average molecular weight is 143 g/mol. The van der Waals surface area contributed by atoms with Gasteiger partial charge in [0.15, 0.2) is 0 Å². The van der Waals surface area contributed by atoms with E-state index in [4.69, 9.17) is 4.74 Å². The highest BCUT2D eigenvalue weighted by atomic mass is 16.5. The predicted molar refractivity (Wildman–Crippen MR) is 44.8 cm³/mol. The molecule has 0 bridgehead atoms. The van der Waals surface area contributed by atoms with Crippen LogP contribution in [0.1, 0.15) is 34.1 Å². The summed E-state index contributed by atoms with van der Waals surface area (Å²) in [4.78, 5) is 0. The van der Waals surface area contributed by atoms with Crippen LogP contribution in [0.5, 0.6) is 0 Å². The zero-order valence-electron chi connectivity index (χ0n) is 7.82. The van der Waals surface area contributed by atoms with E-state index in [2.05, 4.69) is 34.6 Å². The molecule has 0 N–H and O–H groups in total. The lowest BCUT2D eigenvalue weighted by molar-refractivity contribution is -0.00494. The van der Waals surface area contributed by atoms with Crippen LogP contribution in [-0.2, 0) is 4.74 Å². The van der Waals surface area contributed by atoms with Gasteiger partial charge >= 0.3 is 0 Å². The Labute approximate surface area is 64.8 Å². The van der Waals surface area contributed by atoms with E-state index in [0.717, 1.165) is 6.42 Å². The summed E-state index contributed by atoms with van der Waals surface area (Å²) in [6, 6.07) is 0. The normalized spacial score (nSPS) is 13.8. The van der Waals surface area contributed by atoms with Crippen LogP contribution in [0.3, 0.4) is 0 Å². The Kier molecular flexibility index (Phi) is 2.90. The van der Waals surface area contributed by atoms with E-state index < -0.39 is 0 Å². The molecule has 1 nitrogen and oxygen atoms in total. The van der Waals surface area contributed by atoms with E-state index in [1.807, 2.05) is 0 Å². The Morgan fingerprint density at radius 1 is 1.20 bits per heavy atom. The second kappa shape index (κ2) is 2.91. The Balaban J connectivity index is 3.89. The van der Waals surface area contributed by atoms with Crippen LogP contribution in [-0.4, -0.2) is 12.7 Å². The fraction of sp³-hybridized carbons (Fsp3) is 0.889. The number of methoxy groups -OCH3 is 1. The van der Waals surface area contributed by atoms with Gasteiger partial charge in [-0.25, -0.2) is 0 Å². The molecule has 1 heteroatoms. The van der Waals surface area contributed by atoms with Gasteiger partial charge in [0.05, 0.1) is 5.60 Å². The first-order chi connectivity index (χ1) is 4.27. The smallest absolute Gasteiger partial charge is 0.0603 e. The van der Waals surface area contributed by atoms with Crippen molar-refractivity contribution in [3.8, 4) is 0 Å². The van der Waals surface area contributed by atoms with Crippen molar-refractivity contribution in [3.63, 3.8) is 0 Å². The van der Waals surface area contributed by atoms with Crippen molar-refractivity contribution in [2.24, 2.45) is 5.41 Å². The molecular weight excluding hydrogens is 124 g/mol. The molecule has 0 fully saturated rings. The average Bonchev–Trinajstić information content (AvgIpc) is 1.60. The predicted octanol–water partition coefficient (Wildman–Crippen LogP) is 2.66. The van der Waals surface area contributed by atoms with Crippen LogP contribution in [0.25, 0.3) is 0 Å². The summed E-state index contributed by atoms with van der Waals surface area (Å²) in [7, 11) is 1.74. The molecule has 62 valence electrons. The Bertz CT molecular complexity index is 97.8.